The van der Waals surface area contributed by atoms with Crippen molar-refractivity contribution >= 4 is 11.6 Å². The number of rotatable bonds is 5. The maximum atomic E-state index is 6.38. The van der Waals surface area contributed by atoms with Crippen LogP contribution in [0.5, 0.6) is 17.2 Å². The Morgan fingerprint density at radius 3 is 2.14 bits per heavy atom. The van der Waals surface area contributed by atoms with E-state index in [0.717, 1.165) is 31.2 Å². The van der Waals surface area contributed by atoms with E-state index in [-0.39, 0.29) is 5.41 Å². The molecule has 1 aliphatic rings. The predicted octanol–water partition coefficient (Wildman–Crippen LogP) is 3.53. The number of hydrogen-bond acceptors (Lipinski definition) is 4. The number of ether oxygens (including phenoxy) is 3. The highest BCUT2D eigenvalue weighted by Gasteiger charge is 2.39. The van der Waals surface area contributed by atoms with Crippen LogP contribution in [0.15, 0.2) is 6.07 Å². The van der Waals surface area contributed by atoms with Crippen LogP contribution in [0.25, 0.3) is 0 Å². The second-order valence-electron chi connectivity index (χ2n) is 5.55. The summed E-state index contributed by atoms with van der Waals surface area (Å²) in [7, 11) is 4.88. The Morgan fingerprint density at radius 2 is 1.67 bits per heavy atom. The lowest BCUT2D eigenvalue weighted by Crippen LogP contribution is -2.38. The van der Waals surface area contributed by atoms with E-state index in [2.05, 4.69) is 0 Å². The van der Waals surface area contributed by atoms with Crippen molar-refractivity contribution in [3.05, 3.63) is 16.7 Å². The molecule has 2 N–H and O–H groups in total. The van der Waals surface area contributed by atoms with Crippen molar-refractivity contribution in [1.29, 1.82) is 0 Å². The number of hydrogen-bond donors (Lipinski definition) is 1. The Labute approximate surface area is 131 Å². The first kappa shape index (κ1) is 16.2. The SMILES string of the molecule is COc1cc(Cl)c(OC)c(C2(CN)CCCCC2)c1OC. The monoisotopic (exact) mass is 313 g/mol. The zero-order valence-electron chi connectivity index (χ0n) is 13.0. The molecule has 1 aliphatic carbocycles. The molecule has 0 aromatic heterocycles. The summed E-state index contributed by atoms with van der Waals surface area (Å²) >= 11 is 6.38. The third-order valence-electron chi connectivity index (χ3n) is 4.51. The van der Waals surface area contributed by atoms with Crippen LogP contribution in [0.2, 0.25) is 5.02 Å². The lowest BCUT2D eigenvalue weighted by Gasteiger charge is -2.38. The van der Waals surface area contributed by atoms with E-state index in [0.29, 0.717) is 28.8 Å². The van der Waals surface area contributed by atoms with Gasteiger partial charge in [-0.25, -0.2) is 0 Å². The van der Waals surface area contributed by atoms with Crippen molar-refractivity contribution in [3.8, 4) is 17.2 Å². The third-order valence-corrected chi connectivity index (χ3v) is 4.79. The van der Waals surface area contributed by atoms with E-state index in [1.807, 2.05) is 0 Å². The molecular formula is C16H24ClNO3. The van der Waals surface area contributed by atoms with E-state index >= 15 is 0 Å². The van der Waals surface area contributed by atoms with Crippen LogP contribution >= 0.6 is 11.6 Å². The van der Waals surface area contributed by atoms with Gasteiger partial charge in [0.1, 0.15) is 5.75 Å². The van der Waals surface area contributed by atoms with Crippen molar-refractivity contribution in [3.63, 3.8) is 0 Å². The zero-order chi connectivity index (χ0) is 15.5. The maximum Gasteiger partial charge on any atom is 0.168 e. The average Bonchev–Trinajstić information content (AvgIpc) is 2.54. The molecule has 1 aromatic carbocycles. The lowest BCUT2D eigenvalue weighted by atomic mass is 9.68. The maximum absolute atomic E-state index is 6.38. The van der Waals surface area contributed by atoms with Crippen molar-refractivity contribution in [1.82, 2.24) is 0 Å². The van der Waals surface area contributed by atoms with Crippen molar-refractivity contribution in [2.75, 3.05) is 27.9 Å². The van der Waals surface area contributed by atoms with Gasteiger partial charge in [-0.1, -0.05) is 30.9 Å². The van der Waals surface area contributed by atoms with E-state index in [4.69, 9.17) is 31.5 Å². The summed E-state index contributed by atoms with van der Waals surface area (Å²) in [4.78, 5) is 0. The minimum absolute atomic E-state index is 0.160. The highest BCUT2D eigenvalue weighted by atomic mass is 35.5. The van der Waals surface area contributed by atoms with Crippen LogP contribution in [0.3, 0.4) is 0 Å². The van der Waals surface area contributed by atoms with Crippen LogP contribution in [0.4, 0.5) is 0 Å². The summed E-state index contributed by atoms with van der Waals surface area (Å²) in [6.07, 6.45) is 5.57. The largest absolute Gasteiger partial charge is 0.495 e. The highest BCUT2D eigenvalue weighted by molar-refractivity contribution is 6.32. The molecule has 0 aliphatic heterocycles. The number of nitrogens with two attached hydrogens (primary N) is 1. The minimum Gasteiger partial charge on any atom is -0.495 e. The number of benzene rings is 1. The molecule has 1 aromatic rings. The summed E-state index contributed by atoms with van der Waals surface area (Å²) in [6.45, 7) is 0.545. The number of methoxy groups -OCH3 is 3. The summed E-state index contributed by atoms with van der Waals surface area (Å²) in [5.74, 6) is 1.96. The molecule has 1 saturated carbocycles. The molecule has 0 heterocycles. The number of halogens is 1. The molecule has 0 saturated heterocycles. The molecule has 0 unspecified atom stereocenters. The van der Waals surface area contributed by atoms with Crippen molar-refractivity contribution < 1.29 is 14.2 Å². The molecule has 0 bridgehead atoms. The van der Waals surface area contributed by atoms with Gasteiger partial charge in [-0.15, -0.1) is 0 Å². The average molecular weight is 314 g/mol. The molecule has 21 heavy (non-hydrogen) atoms. The van der Waals surface area contributed by atoms with Gasteiger partial charge in [0.15, 0.2) is 11.5 Å². The molecule has 118 valence electrons. The van der Waals surface area contributed by atoms with Gasteiger partial charge in [0.25, 0.3) is 0 Å². The Morgan fingerprint density at radius 1 is 1.05 bits per heavy atom. The Kier molecular flexibility index (Phi) is 5.22. The second kappa shape index (κ2) is 6.75. The van der Waals surface area contributed by atoms with Crippen LogP contribution in [-0.4, -0.2) is 27.9 Å². The van der Waals surface area contributed by atoms with Gasteiger partial charge in [0, 0.05) is 23.6 Å². The van der Waals surface area contributed by atoms with Gasteiger partial charge in [-0.3, -0.25) is 0 Å². The third kappa shape index (κ3) is 2.79. The second-order valence-corrected chi connectivity index (χ2v) is 5.95. The molecule has 0 radical (unpaired) electrons. The summed E-state index contributed by atoms with van der Waals surface area (Å²) < 4.78 is 16.6. The summed E-state index contributed by atoms with van der Waals surface area (Å²) in [5, 5.41) is 0.531. The first-order valence-electron chi connectivity index (χ1n) is 7.32. The van der Waals surface area contributed by atoms with Crippen LogP contribution < -0.4 is 19.9 Å². The molecule has 4 nitrogen and oxygen atoms in total. The van der Waals surface area contributed by atoms with Gasteiger partial charge in [0.2, 0.25) is 0 Å². The molecule has 2 rings (SSSR count). The summed E-state index contributed by atoms with van der Waals surface area (Å²) in [5.41, 5.74) is 6.96. The summed E-state index contributed by atoms with van der Waals surface area (Å²) in [6, 6.07) is 1.73. The molecule has 0 atom stereocenters. The van der Waals surface area contributed by atoms with E-state index in [1.165, 1.54) is 6.42 Å². The predicted molar refractivity (Wildman–Crippen MR) is 84.9 cm³/mol. The highest BCUT2D eigenvalue weighted by Crippen LogP contribution is 2.52. The van der Waals surface area contributed by atoms with E-state index in [9.17, 15) is 0 Å². The molecule has 1 fully saturated rings. The van der Waals surface area contributed by atoms with Crippen LogP contribution in [0, 0.1) is 0 Å². The topological polar surface area (TPSA) is 53.7 Å². The van der Waals surface area contributed by atoms with Gasteiger partial charge in [0.05, 0.1) is 26.4 Å². The Bertz CT molecular complexity index is 499. The van der Waals surface area contributed by atoms with Gasteiger partial charge in [-0.05, 0) is 12.8 Å². The van der Waals surface area contributed by atoms with E-state index in [1.54, 1.807) is 27.4 Å². The molecule has 0 spiro atoms. The standard InChI is InChI=1S/C16H24ClNO3/c1-19-12-9-11(17)14(20-2)13(15(12)21-3)16(10-18)7-5-4-6-8-16/h9H,4-8,10,18H2,1-3H3. The Balaban J connectivity index is 2.71. The molecular weight excluding hydrogens is 290 g/mol. The molecule has 0 amide bonds. The lowest BCUT2D eigenvalue weighted by molar-refractivity contribution is 0.268. The van der Waals surface area contributed by atoms with Gasteiger partial charge >= 0.3 is 0 Å². The first-order chi connectivity index (χ1) is 10.1. The first-order valence-corrected chi connectivity index (χ1v) is 7.70. The van der Waals surface area contributed by atoms with Crippen molar-refractivity contribution in [2.45, 2.75) is 37.5 Å². The fraction of sp³-hybridized carbons (Fsp3) is 0.625. The van der Waals surface area contributed by atoms with Crippen LogP contribution in [0.1, 0.15) is 37.7 Å². The molecule has 5 heteroatoms. The van der Waals surface area contributed by atoms with Gasteiger partial charge in [-0.2, -0.15) is 0 Å². The quantitative estimate of drug-likeness (QED) is 0.903. The zero-order valence-corrected chi connectivity index (χ0v) is 13.8. The van der Waals surface area contributed by atoms with E-state index < -0.39 is 0 Å². The van der Waals surface area contributed by atoms with Crippen molar-refractivity contribution in [2.24, 2.45) is 5.73 Å². The fourth-order valence-electron chi connectivity index (χ4n) is 3.41. The van der Waals surface area contributed by atoms with Gasteiger partial charge < -0.3 is 19.9 Å². The van der Waals surface area contributed by atoms with Crippen LogP contribution in [-0.2, 0) is 5.41 Å². The normalized spacial score (nSPS) is 17.4. The smallest absolute Gasteiger partial charge is 0.168 e. The fourth-order valence-corrected chi connectivity index (χ4v) is 3.68. The Hall–Kier alpha value is -1.13. The minimum atomic E-state index is -0.160.